The standard InChI is InChI=1S/C25H28N2O4/c28-24-6-1-2-13-26(24)20-10-7-18(8-11-20)25(29)27-14-3-5-21(27)19-9-12-22-23(17-19)31-16-4-15-30-22/h7-12,17,21H,1-6,13-16H2/t21-/m0/s1. The van der Waals surface area contributed by atoms with Crippen LogP contribution < -0.4 is 14.4 Å². The Balaban J connectivity index is 1.34. The number of amides is 2. The second-order valence-corrected chi connectivity index (χ2v) is 8.46. The second-order valence-electron chi connectivity index (χ2n) is 8.46. The number of likely N-dealkylation sites (tertiary alicyclic amines) is 1. The molecule has 3 heterocycles. The van der Waals surface area contributed by atoms with Crippen LogP contribution >= 0.6 is 0 Å². The third-order valence-corrected chi connectivity index (χ3v) is 6.42. The van der Waals surface area contributed by atoms with Crippen LogP contribution in [-0.2, 0) is 4.79 Å². The first-order valence-corrected chi connectivity index (χ1v) is 11.3. The van der Waals surface area contributed by atoms with Gasteiger partial charge in [0.05, 0.1) is 19.3 Å². The van der Waals surface area contributed by atoms with Crippen molar-refractivity contribution in [3.8, 4) is 11.5 Å². The minimum atomic E-state index is 0.0335. The molecule has 2 aromatic carbocycles. The van der Waals surface area contributed by atoms with E-state index in [1.165, 1.54) is 0 Å². The van der Waals surface area contributed by atoms with Crippen LogP contribution in [-0.4, -0.2) is 43.0 Å². The van der Waals surface area contributed by atoms with E-state index in [9.17, 15) is 9.59 Å². The Morgan fingerprint density at radius 1 is 0.871 bits per heavy atom. The predicted octanol–water partition coefficient (Wildman–Crippen LogP) is 4.34. The first-order chi connectivity index (χ1) is 15.2. The molecule has 0 aromatic heterocycles. The minimum Gasteiger partial charge on any atom is -0.490 e. The molecule has 2 amide bonds. The maximum atomic E-state index is 13.3. The molecule has 6 heteroatoms. The number of hydrogen-bond donors (Lipinski definition) is 0. The van der Waals surface area contributed by atoms with Crippen molar-refractivity contribution in [2.75, 3.05) is 31.2 Å². The highest BCUT2D eigenvalue weighted by Gasteiger charge is 2.31. The van der Waals surface area contributed by atoms with E-state index < -0.39 is 0 Å². The van der Waals surface area contributed by atoms with Crippen molar-refractivity contribution in [3.05, 3.63) is 53.6 Å². The summed E-state index contributed by atoms with van der Waals surface area (Å²) in [6, 6.07) is 13.6. The maximum Gasteiger partial charge on any atom is 0.254 e. The van der Waals surface area contributed by atoms with Crippen LogP contribution in [0.25, 0.3) is 0 Å². The normalized spacial score (nSPS) is 21.2. The Hall–Kier alpha value is -3.02. The number of hydrogen-bond acceptors (Lipinski definition) is 4. The van der Waals surface area contributed by atoms with Crippen LogP contribution in [0.5, 0.6) is 11.5 Å². The van der Waals surface area contributed by atoms with Gasteiger partial charge >= 0.3 is 0 Å². The van der Waals surface area contributed by atoms with Crippen molar-refractivity contribution in [2.24, 2.45) is 0 Å². The summed E-state index contributed by atoms with van der Waals surface area (Å²) >= 11 is 0. The van der Waals surface area contributed by atoms with Crippen molar-refractivity contribution >= 4 is 17.5 Å². The average Bonchev–Trinajstić information content (AvgIpc) is 3.17. The highest BCUT2D eigenvalue weighted by Crippen LogP contribution is 2.38. The summed E-state index contributed by atoms with van der Waals surface area (Å²) in [6.45, 7) is 2.81. The molecule has 0 unspecified atom stereocenters. The van der Waals surface area contributed by atoms with Gasteiger partial charge in [-0.3, -0.25) is 9.59 Å². The Bertz CT molecular complexity index is 972. The lowest BCUT2D eigenvalue weighted by molar-refractivity contribution is -0.119. The van der Waals surface area contributed by atoms with Gasteiger partial charge in [0.25, 0.3) is 5.91 Å². The van der Waals surface area contributed by atoms with E-state index in [4.69, 9.17) is 9.47 Å². The van der Waals surface area contributed by atoms with Crippen LogP contribution in [0.4, 0.5) is 5.69 Å². The molecule has 0 N–H and O–H groups in total. The molecule has 5 rings (SSSR count). The van der Waals surface area contributed by atoms with Crippen LogP contribution in [0, 0.1) is 0 Å². The molecular formula is C25H28N2O4. The molecule has 0 bridgehead atoms. The van der Waals surface area contributed by atoms with Crippen LogP contribution in [0.1, 0.15) is 60.5 Å². The highest BCUT2D eigenvalue weighted by molar-refractivity contribution is 5.97. The number of benzene rings is 2. The van der Waals surface area contributed by atoms with Crippen LogP contribution in [0.15, 0.2) is 42.5 Å². The van der Waals surface area contributed by atoms with Gasteiger partial charge in [-0.2, -0.15) is 0 Å². The third kappa shape index (κ3) is 3.99. The summed E-state index contributed by atoms with van der Waals surface area (Å²) in [5, 5.41) is 0. The third-order valence-electron chi connectivity index (χ3n) is 6.42. The molecule has 1 atom stereocenters. The predicted molar refractivity (Wildman–Crippen MR) is 118 cm³/mol. The van der Waals surface area contributed by atoms with Crippen molar-refractivity contribution in [1.29, 1.82) is 0 Å². The summed E-state index contributed by atoms with van der Waals surface area (Å²) in [7, 11) is 0. The Morgan fingerprint density at radius 3 is 2.48 bits per heavy atom. The first-order valence-electron chi connectivity index (χ1n) is 11.3. The van der Waals surface area contributed by atoms with Gasteiger partial charge in [0.15, 0.2) is 11.5 Å². The van der Waals surface area contributed by atoms with Crippen molar-refractivity contribution in [2.45, 2.75) is 44.6 Å². The molecule has 3 aliphatic heterocycles. The van der Waals surface area contributed by atoms with E-state index in [0.717, 1.165) is 67.9 Å². The molecule has 2 aromatic rings. The summed E-state index contributed by atoms with van der Waals surface area (Å²) in [5.74, 6) is 1.75. The van der Waals surface area contributed by atoms with Crippen LogP contribution in [0.3, 0.4) is 0 Å². The van der Waals surface area contributed by atoms with E-state index in [-0.39, 0.29) is 17.9 Å². The number of nitrogens with zero attached hydrogens (tertiary/aromatic N) is 2. The van der Waals surface area contributed by atoms with E-state index in [1.807, 2.05) is 46.2 Å². The largest absolute Gasteiger partial charge is 0.490 e. The zero-order chi connectivity index (χ0) is 21.2. The Morgan fingerprint density at radius 2 is 1.68 bits per heavy atom. The van der Waals surface area contributed by atoms with Gasteiger partial charge in [-0.05, 0) is 67.6 Å². The number of fused-ring (bicyclic) bond motifs is 1. The molecule has 31 heavy (non-hydrogen) atoms. The molecule has 162 valence electrons. The highest BCUT2D eigenvalue weighted by atomic mass is 16.5. The van der Waals surface area contributed by atoms with Gasteiger partial charge in [-0.15, -0.1) is 0 Å². The number of piperidine rings is 1. The Labute approximate surface area is 182 Å². The zero-order valence-electron chi connectivity index (χ0n) is 17.7. The van der Waals surface area contributed by atoms with Gasteiger partial charge in [0, 0.05) is 37.2 Å². The SMILES string of the molecule is O=C1CCCCN1c1ccc(C(=O)N2CCC[C@H]2c2ccc3c(c2)OCCCO3)cc1. The van der Waals surface area contributed by atoms with Gasteiger partial charge in [0.1, 0.15) is 0 Å². The van der Waals surface area contributed by atoms with Gasteiger partial charge in [-0.1, -0.05) is 6.07 Å². The molecule has 6 nitrogen and oxygen atoms in total. The fraction of sp³-hybridized carbons (Fsp3) is 0.440. The molecule has 0 aliphatic carbocycles. The maximum absolute atomic E-state index is 13.3. The molecular weight excluding hydrogens is 392 g/mol. The number of rotatable bonds is 3. The average molecular weight is 421 g/mol. The molecule has 2 saturated heterocycles. The summed E-state index contributed by atoms with van der Waals surface area (Å²) in [6.07, 6.45) is 5.37. The monoisotopic (exact) mass is 420 g/mol. The van der Waals surface area contributed by atoms with E-state index in [0.29, 0.717) is 25.2 Å². The lowest BCUT2D eigenvalue weighted by atomic mass is 10.0. The quantitative estimate of drug-likeness (QED) is 0.741. The topological polar surface area (TPSA) is 59.1 Å². The fourth-order valence-electron chi connectivity index (χ4n) is 4.77. The minimum absolute atomic E-state index is 0.0335. The van der Waals surface area contributed by atoms with Gasteiger partial charge in [0.2, 0.25) is 5.91 Å². The fourth-order valence-corrected chi connectivity index (χ4v) is 4.77. The summed E-state index contributed by atoms with van der Waals surface area (Å²) < 4.78 is 11.6. The lowest BCUT2D eigenvalue weighted by Crippen LogP contribution is -2.35. The van der Waals surface area contributed by atoms with E-state index in [2.05, 4.69) is 6.07 Å². The summed E-state index contributed by atoms with van der Waals surface area (Å²) in [4.78, 5) is 29.3. The van der Waals surface area contributed by atoms with Gasteiger partial charge in [-0.25, -0.2) is 0 Å². The number of carbonyl (C=O) groups excluding carboxylic acids is 2. The summed E-state index contributed by atoms with van der Waals surface area (Å²) in [5.41, 5.74) is 2.63. The van der Waals surface area contributed by atoms with Crippen molar-refractivity contribution < 1.29 is 19.1 Å². The van der Waals surface area contributed by atoms with E-state index >= 15 is 0 Å². The Kier molecular flexibility index (Phi) is 5.53. The molecule has 2 fully saturated rings. The van der Waals surface area contributed by atoms with E-state index in [1.54, 1.807) is 0 Å². The van der Waals surface area contributed by atoms with Crippen molar-refractivity contribution in [3.63, 3.8) is 0 Å². The molecule has 0 radical (unpaired) electrons. The van der Waals surface area contributed by atoms with Gasteiger partial charge < -0.3 is 19.3 Å². The second kappa shape index (κ2) is 8.61. The number of carbonyl (C=O) groups is 2. The first kappa shape index (κ1) is 19.9. The van der Waals surface area contributed by atoms with Crippen molar-refractivity contribution in [1.82, 2.24) is 4.90 Å². The number of ether oxygens (including phenoxy) is 2. The molecule has 3 aliphatic rings. The molecule has 0 spiro atoms. The number of anilines is 1. The van der Waals surface area contributed by atoms with Crippen LogP contribution in [0.2, 0.25) is 0 Å². The molecule has 0 saturated carbocycles. The zero-order valence-corrected chi connectivity index (χ0v) is 17.7. The smallest absolute Gasteiger partial charge is 0.254 e. The lowest BCUT2D eigenvalue weighted by Gasteiger charge is -2.28.